The number of nitrogens with zero attached hydrogens (tertiary/aromatic N) is 1. The summed E-state index contributed by atoms with van der Waals surface area (Å²) in [6.45, 7) is 0.310. The molecule has 15 heavy (non-hydrogen) atoms. The highest BCUT2D eigenvalue weighted by atomic mass is 32.2. The fraction of sp³-hybridized carbons (Fsp3) is 0.444. The Labute approximate surface area is 87.7 Å². The largest absolute Gasteiger partial charge is 0.461 e. The molecule has 1 fully saturated rings. The molecule has 82 valence electrons. The molecule has 0 aromatic carbocycles. The molecule has 0 spiro atoms. The zero-order valence-electron chi connectivity index (χ0n) is 8.05. The maximum atomic E-state index is 11.5. The first kappa shape index (κ1) is 10.4. The van der Waals surface area contributed by atoms with Crippen molar-refractivity contribution in [1.82, 2.24) is 4.31 Å². The van der Waals surface area contributed by atoms with Crippen LogP contribution in [-0.2, 0) is 10.0 Å². The van der Waals surface area contributed by atoms with Gasteiger partial charge in [-0.25, -0.2) is 8.42 Å². The first-order valence-corrected chi connectivity index (χ1v) is 6.25. The molecular formula is C9H11NO4S. The summed E-state index contributed by atoms with van der Waals surface area (Å²) in [4.78, 5) is 11.5. The van der Waals surface area contributed by atoms with Crippen LogP contribution in [0.3, 0.4) is 0 Å². The van der Waals surface area contributed by atoms with Gasteiger partial charge in [0.15, 0.2) is 5.76 Å². The van der Waals surface area contributed by atoms with E-state index in [2.05, 4.69) is 0 Å². The Morgan fingerprint density at radius 2 is 2.33 bits per heavy atom. The standard InChI is InChI=1S/C9H11NO4S/c11-8(9-3-1-5-14-9)7-10-4-2-6-15(10,12)13/h1,3,5H,2,4,6-7H2. The van der Waals surface area contributed by atoms with Crippen LogP contribution >= 0.6 is 0 Å². The average molecular weight is 229 g/mol. The van der Waals surface area contributed by atoms with Gasteiger partial charge in [-0.2, -0.15) is 4.31 Å². The van der Waals surface area contributed by atoms with Gasteiger partial charge >= 0.3 is 0 Å². The predicted molar refractivity (Wildman–Crippen MR) is 53.0 cm³/mol. The van der Waals surface area contributed by atoms with E-state index in [1.165, 1.54) is 16.6 Å². The van der Waals surface area contributed by atoms with E-state index in [9.17, 15) is 13.2 Å². The van der Waals surface area contributed by atoms with Crippen molar-refractivity contribution in [2.75, 3.05) is 18.8 Å². The molecule has 0 atom stereocenters. The number of furan rings is 1. The molecule has 2 heterocycles. The maximum Gasteiger partial charge on any atom is 0.214 e. The minimum atomic E-state index is -3.20. The van der Waals surface area contributed by atoms with Crippen molar-refractivity contribution in [3.8, 4) is 0 Å². The first-order chi connectivity index (χ1) is 7.09. The minimum Gasteiger partial charge on any atom is -0.461 e. The molecule has 0 bridgehead atoms. The number of rotatable bonds is 3. The summed E-state index contributed by atoms with van der Waals surface area (Å²) >= 11 is 0. The van der Waals surface area contributed by atoms with Gasteiger partial charge in [-0.3, -0.25) is 4.79 Å². The van der Waals surface area contributed by atoms with Crippen LogP contribution in [-0.4, -0.2) is 37.3 Å². The van der Waals surface area contributed by atoms with Crippen LogP contribution in [0, 0.1) is 0 Å². The van der Waals surface area contributed by atoms with E-state index >= 15 is 0 Å². The second-order valence-corrected chi connectivity index (χ2v) is 5.49. The fourth-order valence-corrected chi connectivity index (χ4v) is 3.02. The molecule has 6 heteroatoms. The molecule has 0 radical (unpaired) electrons. The zero-order valence-corrected chi connectivity index (χ0v) is 8.87. The van der Waals surface area contributed by atoms with E-state index < -0.39 is 10.0 Å². The van der Waals surface area contributed by atoms with Gasteiger partial charge in [0.05, 0.1) is 18.6 Å². The van der Waals surface area contributed by atoms with Crippen molar-refractivity contribution in [1.29, 1.82) is 0 Å². The Morgan fingerprint density at radius 1 is 1.53 bits per heavy atom. The Balaban J connectivity index is 2.07. The van der Waals surface area contributed by atoms with Gasteiger partial charge in [0.25, 0.3) is 0 Å². The van der Waals surface area contributed by atoms with E-state index in [4.69, 9.17) is 4.42 Å². The van der Waals surface area contributed by atoms with E-state index in [0.29, 0.717) is 13.0 Å². The van der Waals surface area contributed by atoms with E-state index in [1.807, 2.05) is 0 Å². The molecule has 1 saturated heterocycles. The molecule has 1 aliphatic heterocycles. The summed E-state index contributed by atoms with van der Waals surface area (Å²) in [7, 11) is -3.20. The molecule has 0 N–H and O–H groups in total. The number of hydrogen-bond acceptors (Lipinski definition) is 4. The summed E-state index contributed by atoms with van der Waals surface area (Å²) in [6.07, 6.45) is 1.99. The Bertz CT molecular complexity index is 448. The lowest BCUT2D eigenvalue weighted by atomic mass is 10.3. The van der Waals surface area contributed by atoms with E-state index in [0.717, 1.165) is 0 Å². The van der Waals surface area contributed by atoms with Crippen molar-refractivity contribution in [2.24, 2.45) is 0 Å². The molecular weight excluding hydrogens is 218 g/mol. The lowest BCUT2D eigenvalue weighted by Crippen LogP contribution is -2.31. The van der Waals surface area contributed by atoms with Crippen LogP contribution in [0.2, 0.25) is 0 Å². The van der Waals surface area contributed by atoms with Crippen LogP contribution < -0.4 is 0 Å². The highest BCUT2D eigenvalue weighted by Crippen LogP contribution is 2.14. The van der Waals surface area contributed by atoms with Crippen LogP contribution in [0.25, 0.3) is 0 Å². The highest BCUT2D eigenvalue weighted by Gasteiger charge is 2.30. The van der Waals surface area contributed by atoms with Gasteiger partial charge in [0.2, 0.25) is 15.8 Å². The Hall–Kier alpha value is -1.14. The Kier molecular flexibility index (Phi) is 2.62. The van der Waals surface area contributed by atoms with Gasteiger partial charge in [-0.1, -0.05) is 0 Å². The molecule has 5 nitrogen and oxygen atoms in total. The fourth-order valence-electron chi connectivity index (χ4n) is 1.54. The normalized spacial score (nSPS) is 20.5. The summed E-state index contributed by atoms with van der Waals surface area (Å²) in [6, 6.07) is 3.14. The summed E-state index contributed by atoms with van der Waals surface area (Å²) < 4.78 is 28.9. The molecule has 2 rings (SSSR count). The first-order valence-electron chi connectivity index (χ1n) is 4.64. The number of sulfonamides is 1. The van der Waals surface area contributed by atoms with Crippen LogP contribution in [0.1, 0.15) is 17.0 Å². The lowest BCUT2D eigenvalue weighted by molar-refractivity contribution is 0.0942. The molecule has 0 amide bonds. The molecule has 1 aromatic rings. The smallest absolute Gasteiger partial charge is 0.214 e. The third-order valence-corrected chi connectivity index (χ3v) is 4.22. The monoisotopic (exact) mass is 229 g/mol. The van der Waals surface area contributed by atoms with Crippen molar-refractivity contribution in [3.63, 3.8) is 0 Å². The van der Waals surface area contributed by atoms with E-state index in [-0.39, 0.29) is 23.8 Å². The van der Waals surface area contributed by atoms with Crippen LogP contribution in [0.15, 0.2) is 22.8 Å². The second kappa shape index (κ2) is 3.79. The van der Waals surface area contributed by atoms with Crippen molar-refractivity contribution >= 4 is 15.8 Å². The highest BCUT2D eigenvalue weighted by molar-refractivity contribution is 7.89. The predicted octanol–water partition coefficient (Wildman–Crippen LogP) is 0.498. The number of Topliss-reactive ketones (excluding diaryl/α,β-unsaturated/α-hetero) is 1. The topological polar surface area (TPSA) is 67.6 Å². The van der Waals surface area contributed by atoms with Gasteiger partial charge in [-0.05, 0) is 18.6 Å². The quantitative estimate of drug-likeness (QED) is 0.708. The van der Waals surface area contributed by atoms with Gasteiger partial charge in [-0.15, -0.1) is 0 Å². The van der Waals surface area contributed by atoms with Crippen molar-refractivity contribution < 1.29 is 17.6 Å². The Morgan fingerprint density at radius 3 is 2.87 bits per heavy atom. The third kappa shape index (κ3) is 2.10. The molecule has 1 aromatic heterocycles. The molecule has 0 aliphatic carbocycles. The summed E-state index contributed by atoms with van der Waals surface area (Å²) in [5, 5.41) is 0. The number of carbonyl (C=O) groups excluding carboxylic acids is 1. The average Bonchev–Trinajstić information content (AvgIpc) is 2.76. The third-order valence-electron chi connectivity index (χ3n) is 2.32. The molecule has 1 aliphatic rings. The van der Waals surface area contributed by atoms with Crippen molar-refractivity contribution in [3.05, 3.63) is 24.2 Å². The summed E-state index contributed by atoms with van der Waals surface area (Å²) in [5.41, 5.74) is 0. The van der Waals surface area contributed by atoms with E-state index in [1.54, 1.807) is 6.07 Å². The van der Waals surface area contributed by atoms with Gasteiger partial charge in [0, 0.05) is 6.54 Å². The molecule has 0 saturated carbocycles. The number of ketones is 1. The zero-order chi connectivity index (χ0) is 10.9. The van der Waals surface area contributed by atoms with Crippen LogP contribution in [0.5, 0.6) is 0 Å². The van der Waals surface area contributed by atoms with Crippen LogP contribution in [0.4, 0.5) is 0 Å². The maximum absolute atomic E-state index is 11.5. The SMILES string of the molecule is O=C(CN1CCCS1(=O)=O)c1ccco1. The van der Waals surface area contributed by atoms with Gasteiger partial charge < -0.3 is 4.42 Å². The molecule has 0 unspecified atom stereocenters. The van der Waals surface area contributed by atoms with Gasteiger partial charge in [0.1, 0.15) is 0 Å². The lowest BCUT2D eigenvalue weighted by Gasteiger charge is -2.11. The second-order valence-electron chi connectivity index (χ2n) is 3.40. The number of hydrogen-bond donors (Lipinski definition) is 0. The van der Waals surface area contributed by atoms with Crippen molar-refractivity contribution in [2.45, 2.75) is 6.42 Å². The summed E-state index contributed by atoms with van der Waals surface area (Å²) in [5.74, 6) is 0.0425. The minimum absolute atomic E-state index is 0.115. The number of carbonyl (C=O) groups is 1.